The molecule has 0 spiro atoms. The molecule has 3 aromatic carbocycles. The molecule has 4 nitrogen and oxygen atoms in total. The Morgan fingerprint density at radius 1 is 0.969 bits per heavy atom. The lowest BCUT2D eigenvalue weighted by Gasteiger charge is -2.09. The molecule has 0 saturated heterocycles. The highest BCUT2D eigenvalue weighted by Crippen LogP contribution is 2.34. The summed E-state index contributed by atoms with van der Waals surface area (Å²) in [4.78, 5) is 22.9. The van der Waals surface area contributed by atoms with Gasteiger partial charge in [0.25, 0.3) is 0 Å². The third-order valence-corrected chi connectivity index (χ3v) is 6.28. The summed E-state index contributed by atoms with van der Waals surface area (Å²) >= 11 is 7.55. The molecule has 0 saturated carbocycles. The van der Waals surface area contributed by atoms with Crippen LogP contribution in [0.4, 0.5) is 0 Å². The van der Waals surface area contributed by atoms with E-state index in [1.807, 2.05) is 85.8 Å². The largest absolute Gasteiger partial charge is 0.402 e. The Morgan fingerprint density at radius 3 is 2.53 bits per heavy atom. The van der Waals surface area contributed by atoms with Gasteiger partial charge in [0.05, 0.1) is 5.52 Å². The highest BCUT2D eigenvalue weighted by molar-refractivity contribution is 7.99. The fraction of sp³-hybridized carbons (Fsp3) is 0.0385. The number of esters is 1. The van der Waals surface area contributed by atoms with Crippen LogP contribution < -0.4 is 0 Å². The summed E-state index contributed by atoms with van der Waals surface area (Å²) in [6.45, 7) is 2.04. The van der Waals surface area contributed by atoms with Gasteiger partial charge in [-0.2, -0.15) is 0 Å². The molecule has 156 valence electrons. The number of ether oxygens (including phenoxy) is 1. The van der Waals surface area contributed by atoms with Crippen LogP contribution in [-0.2, 0) is 9.53 Å². The van der Waals surface area contributed by atoms with Crippen molar-refractivity contribution < 1.29 is 9.53 Å². The zero-order chi connectivity index (χ0) is 22.1. The Morgan fingerprint density at radius 2 is 1.75 bits per heavy atom. The highest BCUT2D eigenvalue weighted by atomic mass is 35.5. The van der Waals surface area contributed by atoms with E-state index in [1.54, 1.807) is 6.08 Å². The van der Waals surface area contributed by atoms with E-state index >= 15 is 0 Å². The SMILES string of the molecule is Cc1cccc2cc(C=C3N=C(c4ccccc4)OC3=O)c(Sc3ccc(Cl)cc3)nc12. The summed E-state index contributed by atoms with van der Waals surface area (Å²) in [5.74, 6) is -0.172. The van der Waals surface area contributed by atoms with Crippen LogP contribution in [0.5, 0.6) is 0 Å². The van der Waals surface area contributed by atoms with Crippen LogP contribution >= 0.6 is 23.4 Å². The topological polar surface area (TPSA) is 51.5 Å². The molecule has 0 atom stereocenters. The smallest absolute Gasteiger partial charge is 0.363 e. The third-order valence-electron chi connectivity index (χ3n) is 5.00. The van der Waals surface area contributed by atoms with Crippen LogP contribution in [-0.4, -0.2) is 16.9 Å². The first-order valence-corrected chi connectivity index (χ1v) is 11.2. The summed E-state index contributed by atoms with van der Waals surface area (Å²) in [7, 11) is 0. The van der Waals surface area contributed by atoms with Gasteiger partial charge in [0.1, 0.15) is 5.03 Å². The number of aromatic nitrogens is 1. The van der Waals surface area contributed by atoms with Crippen molar-refractivity contribution in [3.63, 3.8) is 0 Å². The zero-order valence-electron chi connectivity index (χ0n) is 17.1. The van der Waals surface area contributed by atoms with Crippen molar-refractivity contribution in [2.75, 3.05) is 0 Å². The number of nitrogens with zero attached hydrogens (tertiary/aromatic N) is 2. The maximum atomic E-state index is 12.5. The van der Waals surface area contributed by atoms with Crippen molar-refractivity contribution in [2.24, 2.45) is 4.99 Å². The van der Waals surface area contributed by atoms with Crippen LogP contribution in [0.3, 0.4) is 0 Å². The number of pyridine rings is 1. The van der Waals surface area contributed by atoms with Gasteiger partial charge in [-0.3, -0.25) is 0 Å². The number of benzene rings is 3. The molecule has 0 N–H and O–H groups in total. The molecule has 6 heteroatoms. The van der Waals surface area contributed by atoms with Crippen molar-refractivity contribution in [1.82, 2.24) is 4.98 Å². The van der Waals surface area contributed by atoms with Gasteiger partial charge >= 0.3 is 5.97 Å². The normalized spacial score (nSPS) is 14.6. The van der Waals surface area contributed by atoms with E-state index in [2.05, 4.69) is 4.99 Å². The van der Waals surface area contributed by atoms with Gasteiger partial charge in [0.2, 0.25) is 5.90 Å². The highest BCUT2D eigenvalue weighted by Gasteiger charge is 2.24. The zero-order valence-corrected chi connectivity index (χ0v) is 18.7. The molecular formula is C26H17ClN2O2S. The van der Waals surface area contributed by atoms with Gasteiger partial charge in [-0.15, -0.1) is 0 Å². The first kappa shape index (κ1) is 20.5. The first-order valence-electron chi connectivity index (χ1n) is 9.98. The van der Waals surface area contributed by atoms with E-state index in [9.17, 15) is 4.79 Å². The average molecular weight is 457 g/mol. The Balaban J connectivity index is 1.61. The van der Waals surface area contributed by atoms with Gasteiger partial charge in [0, 0.05) is 26.4 Å². The Hall–Kier alpha value is -3.41. The number of hydrogen-bond donors (Lipinski definition) is 0. The predicted octanol–water partition coefficient (Wildman–Crippen LogP) is 6.69. The van der Waals surface area contributed by atoms with Gasteiger partial charge in [-0.25, -0.2) is 14.8 Å². The molecule has 1 aliphatic rings. The Kier molecular flexibility index (Phi) is 5.52. The number of fused-ring (bicyclic) bond motifs is 1. The fourth-order valence-electron chi connectivity index (χ4n) is 3.41. The van der Waals surface area contributed by atoms with Gasteiger partial charge < -0.3 is 4.74 Å². The van der Waals surface area contributed by atoms with Crippen molar-refractivity contribution in [3.8, 4) is 0 Å². The van der Waals surface area contributed by atoms with Gasteiger partial charge in [-0.05, 0) is 61.0 Å². The van der Waals surface area contributed by atoms with Crippen LogP contribution in [0.1, 0.15) is 16.7 Å². The quantitative estimate of drug-likeness (QED) is 0.253. The van der Waals surface area contributed by atoms with Gasteiger partial charge in [-0.1, -0.05) is 59.8 Å². The molecule has 1 aliphatic heterocycles. The third kappa shape index (κ3) is 4.17. The second kappa shape index (κ2) is 8.61. The lowest BCUT2D eigenvalue weighted by atomic mass is 10.1. The fourth-order valence-corrected chi connectivity index (χ4v) is 4.40. The van der Waals surface area contributed by atoms with E-state index in [-0.39, 0.29) is 5.70 Å². The monoisotopic (exact) mass is 456 g/mol. The van der Waals surface area contributed by atoms with Crippen LogP contribution in [0.25, 0.3) is 17.0 Å². The number of halogens is 1. The lowest BCUT2D eigenvalue weighted by Crippen LogP contribution is -2.05. The molecule has 0 radical (unpaired) electrons. The molecule has 32 heavy (non-hydrogen) atoms. The van der Waals surface area contributed by atoms with Crippen molar-refractivity contribution in [2.45, 2.75) is 16.8 Å². The number of aliphatic imine (C=N–C) groups is 1. The van der Waals surface area contributed by atoms with Crippen molar-refractivity contribution in [1.29, 1.82) is 0 Å². The maximum absolute atomic E-state index is 12.5. The molecule has 1 aromatic heterocycles. The number of rotatable bonds is 4. The Labute approximate surface area is 194 Å². The minimum absolute atomic E-state index is 0.246. The number of cyclic esters (lactones) is 1. The summed E-state index contributed by atoms with van der Waals surface area (Å²) in [5, 5.41) is 2.45. The molecule has 0 aliphatic carbocycles. The standard InChI is InChI=1S/C26H17ClN2O2S/c1-16-6-5-9-18-14-19(25(29-23(16)18)32-21-12-10-20(27)11-13-21)15-22-26(30)31-24(28-22)17-7-3-2-4-8-17/h2-15H,1H3. The van der Waals surface area contributed by atoms with Crippen LogP contribution in [0, 0.1) is 6.92 Å². The average Bonchev–Trinajstić information content (AvgIpc) is 3.17. The van der Waals surface area contributed by atoms with E-state index in [0.717, 1.165) is 37.5 Å². The summed E-state index contributed by atoms with van der Waals surface area (Å²) in [6.07, 6.45) is 1.74. The number of carbonyl (C=O) groups is 1. The maximum Gasteiger partial charge on any atom is 0.363 e. The second-order valence-electron chi connectivity index (χ2n) is 7.29. The number of para-hydroxylation sites is 1. The molecule has 0 bridgehead atoms. The first-order chi connectivity index (χ1) is 15.6. The molecule has 2 heterocycles. The van der Waals surface area contributed by atoms with E-state index in [4.69, 9.17) is 21.3 Å². The number of carbonyl (C=O) groups excluding carboxylic acids is 1. The van der Waals surface area contributed by atoms with Crippen LogP contribution in [0.15, 0.2) is 99.5 Å². The van der Waals surface area contributed by atoms with E-state index in [1.165, 1.54) is 11.8 Å². The summed E-state index contributed by atoms with van der Waals surface area (Å²) in [6, 6.07) is 25.0. The predicted molar refractivity (Wildman–Crippen MR) is 129 cm³/mol. The van der Waals surface area contributed by atoms with Crippen molar-refractivity contribution >= 4 is 52.2 Å². The summed E-state index contributed by atoms with van der Waals surface area (Å²) < 4.78 is 5.41. The van der Waals surface area contributed by atoms with Crippen molar-refractivity contribution in [3.05, 3.63) is 106 Å². The Bertz CT molecular complexity index is 1400. The van der Waals surface area contributed by atoms with E-state index < -0.39 is 5.97 Å². The van der Waals surface area contributed by atoms with Gasteiger partial charge in [0.15, 0.2) is 5.70 Å². The molecule has 0 amide bonds. The number of aryl methyl sites for hydroxylation is 1. The molecular weight excluding hydrogens is 440 g/mol. The molecule has 0 unspecified atom stereocenters. The summed E-state index contributed by atoms with van der Waals surface area (Å²) in [5.41, 5.74) is 3.81. The number of hydrogen-bond acceptors (Lipinski definition) is 5. The van der Waals surface area contributed by atoms with E-state index in [0.29, 0.717) is 10.9 Å². The molecule has 4 aromatic rings. The second-order valence-corrected chi connectivity index (χ2v) is 8.79. The minimum atomic E-state index is -0.476. The lowest BCUT2D eigenvalue weighted by molar-refractivity contribution is -0.129. The molecule has 5 rings (SSSR count). The molecule has 0 fully saturated rings. The minimum Gasteiger partial charge on any atom is -0.402 e. The van der Waals surface area contributed by atoms with Crippen LogP contribution in [0.2, 0.25) is 5.02 Å².